The minimum absolute atomic E-state index is 0.390. The number of anilines is 1. The maximum absolute atomic E-state index is 11.5. The van der Waals surface area contributed by atoms with Crippen molar-refractivity contribution in [2.75, 3.05) is 4.72 Å². The quantitative estimate of drug-likeness (QED) is 0.751. The summed E-state index contributed by atoms with van der Waals surface area (Å²) in [5.74, 6) is 0. The Balaban J connectivity index is 1.96. The molecule has 1 unspecified atom stereocenters. The Morgan fingerprint density at radius 2 is 1.92 bits per heavy atom. The number of aryl methyl sites for hydroxylation is 1. The predicted molar refractivity (Wildman–Crippen MR) is 56.0 cm³/mol. The number of hydrogen-bond donors (Lipinski definition) is 1. The first-order valence-electron chi connectivity index (χ1n) is 4.49. The van der Waals surface area contributed by atoms with Gasteiger partial charge in [0, 0.05) is 12.8 Å². The molecule has 0 aromatic heterocycles. The first kappa shape index (κ1) is 8.91. The summed E-state index contributed by atoms with van der Waals surface area (Å²) in [5, 5.41) is 0.390. The van der Waals surface area contributed by atoms with Gasteiger partial charge in [-0.15, -0.1) is 0 Å². The first-order valence-corrected chi connectivity index (χ1v) is 5.71. The van der Waals surface area contributed by atoms with E-state index < -0.39 is 11.4 Å². The fourth-order valence-electron chi connectivity index (χ4n) is 1.10. The summed E-state index contributed by atoms with van der Waals surface area (Å²) in [5.41, 5.74) is 2.18. The molecule has 0 bridgehead atoms. The van der Waals surface area contributed by atoms with Gasteiger partial charge in [0.1, 0.15) is 5.25 Å². The molecule has 0 saturated heterocycles. The van der Waals surface area contributed by atoms with Gasteiger partial charge in [0.2, 0.25) is 0 Å². The molecule has 3 heteroatoms. The Hall–Kier alpha value is -0.670. The van der Waals surface area contributed by atoms with Gasteiger partial charge >= 0.3 is 0 Å². The van der Waals surface area contributed by atoms with Crippen LogP contribution in [0, 0.1) is 6.92 Å². The van der Waals surface area contributed by atoms with E-state index in [2.05, 4.69) is 4.72 Å². The SMILES string of the molecule is Cc1ccc(N[S+]([O-])C2CC2)cc1. The van der Waals surface area contributed by atoms with E-state index in [4.69, 9.17) is 0 Å². The standard InChI is InChI=1S/C10H13NOS/c1-8-2-4-9(5-3-8)11-13(12)10-6-7-10/h2-5,10-11H,6-7H2,1H3. The van der Waals surface area contributed by atoms with E-state index in [-0.39, 0.29) is 0 Å². The lowest BCUT2D eigenvalue weighted by Gasteiger charge is -2.10. The van der Waals surface area contributed by atoms with Gasteiger partial charge in [0.25, 0.3) is 0 Å². The van der Waals surface area contributed by atoms with Crippen molar-refractivity contribution in [1.82, 2.24) is 0 Å². The normalized spacial score (nSPS) is 18.3. The molecule has 0 radical (unpaired) electrons. The average Bonchev–Trinajstić information content (AvgIpc) is 2.91. The predicted octanol–water partition coefficient (Wildman–Crippen LogP) is 2.23. The van der Waals surface area contributed by atoms with Crippen LogP contribution in [-0.4, -0.2) is 9.80 Å². The number of rotatable bonds is 3. The maximum atomic E-state index is 11.5. The smallest absolute Gasteiger partial charge is 0.141 e. The van der Waals surface area contributed by atoms with Crippen LogP contribution in [0.1, 0.15) is 18.4 Å². The molecule has 0 spiro atoms. The van der Waals surface area contributed by atoms with Gasteiger partial charge in [-0.05, 0) is 19.1 Å². The molecule has 1 aliphatic carbocycles. The highest BCUT2D eigenvalue weighted by Gasteiger charge is 2.35. The molecule has 2 nitrogen and oxygen atoms in total. The van der Waals surface area contributed by atoms with Crippen LogP contribution >= 0.6 is 0 Å². The molecule has 1 saturated carbocycles. The highest BCUT2D eigenvalue weighted by atomic mass is 32.2. The van der Waals surface area contributed by atoms with E-state index in [1.54, 1.807) is 0 Å². The lowest BCUT2D eigenvalue weighted by Crippen LogP contribution is -2.17. The van der Waals surface area contributed by atoms with E-state index >= 15 is 0 Å². The van der Waals surface area contributed by atoms with Crippen LogP contribution in [-0.2, 0) is 11.4 Å². The number of benzene rings is 1. The van der Waals surface area contributed by atoms with Gasteiger partial charge in [0.05, 0.1) is 17.0 Å². The molecule has 0 amide bonds. The van der Waals surface area contributed by atoms with Gasteiger partial charge < -0.3 is 4.55 Å². The molecule has 1 N–H and O–H groups in total. The minimum atomic E-state index is -0.868. The van der Waals surface area contributed by atoms with Crippen LogP contribution < -0.4 is 4.72 Å². The molecular weight excluding hydrogens is 182 g/mol. The van der Waals surface area contributed by atoms with Crippen molar-refractivity contribution in [2.24, 2.45) is 0 Å². The van der Waals surface area contributed by atoms with E-state index in [9.17, 15) is 4.55 Å². The summed E-state index contributed by atoms with van der Waals surface area (Å²) in [7, 11) is 0. The molecule has 13 heavy (non-hydrogen) atoms. The van der Waals surface area contributed by atoms with Crippen molar-refractivity contribution in [3.8, 4) is 0 Å². The highest BCUT2D eigenvalue weighted by Crippen LogP contribution is 2.29. The van der Waals surface area contributed by atoms with Crippen LogP contribution in [0.25, 0.3) is 0 Å². The van der Waals surface area contributed by atoms with Crippen LogP contribution in [0.3, 0.4) is 0 Å². The average molecular weight is 195 g/mol. The zero-order chi connectivity index (χ0) is 9.26. The Bertz CT molecular complexity index is 281. The molecule has 70 valence electrons. The molecule has 0 aliphatic heterocycles. The molecule has 1 aliphatic rings. The molecule has 1 atom stereocenters. The van der Waals surface area contributed by atoms with Crippen LogP contribution in [0.15, 0.2) is 24.3 Å². The molecule has 1 aromatic rings. The molecule has 0 heterocycles. The lowest BCUT2D eigenvalue weighted by atomic mass is 10.2. The summed E-state index contributed by atoms with van der Waals surface area (Å²) in [4.78, 5) is 0. The van der Waals surface area contributed by atoms with Crippen molar-refractivity contribution in [1.29, 1.82) is 0 Å². The third-order valence-corrected chi connectivity index (χ3v) is 3.61. The maximum Gasteiger partial charge on any atom is 0.141 e. The van der Waals surface area contributed by atoms with Crippen molar-refractivity contribution in [3.05, 3.63) is 29.8 Å². The second-order valence-corrected chi connectivity index (χ2v) is 4.93. The zero-order valence-electron chi connectivity index (χ0n) is 7.62. The zero-order valence-corrected chi connectivity index (χ0v) is 8.43. The fraction of sp³-hybridized carbons (Fsp3) is 0.400. The molecule has 1 fully saturated rings. The Morgan fingerprint density at radius 3 is 2.46 bits per heavy atom. The number of hydrogen-bond acceptors (Lipinski definition) is 2. The largest absolute Gasteiger partial charge is 0.593 e. The third kappa shape index (κ3) is 2.39. The van der Waals surface area contributed by atoms with E-state index in [0.717, 1.165) is 18.5 Å². The lowest BCUT2D eigenvalue weighted by molar-refractivity contribution is 0.599. The van der Waals surface area contributed by atoms with Gasteiger partial charge in [0.15, 0.2) is 0 Å². The van der Waals surface area contributed by atoms with Crippen LogP contribution in [0.4, 0.5) is 5.69 Å². The van der Waals surface area contributed by atoms with E-state index in [1.165, 1.54) is 5.56 Å². The monoisotopic (exact) mass is 195 g/mol. The van der Waals surface area contributed by atoms with Gasteiger partial charge in [-0.3, -0.25) is 0 Å². The van der Waals surface area contributed by atoms with Gasteiger partial charge in [-0.1, -0.05) is 17.7 Å². The first-order chi connectivity index (χ1) is 6.25. The Kier molecular flexibility index (Phi) is 2.47. The van der Waals surface area contributed by atoms with Crippen LogP contribution in [0.2, 0.25) is 0 Å². The van der Waals surface area contributed by atoms with Crippen molar-refractivity contribution < 1.29 is 4.55 Å². The van der Waals surface area contributed by atoms with Crippen molar-refractivity contribution in [3.63, 3.8) is 0 Å². The molecule has 2 rings (SSSR count). The number of nitrogens with one attached hydrogen (secondary N) is 1. The molecular formula is C10H13NOS. The van der Waals surface area contributed by atoms with Crippen molar-refractivity contribution >= 4 is 17.0 Å². The van der Waals surface area contributed by atoms with Crippen LogP contribution in [0.5, 0.6) is 0 Å². The summed E-state index contributed by atoms with van der Waals surface area (Å²) in [6, 6.07) is 7.98. The van der Waals surface area contributed by atoms with Crippen molar-refractivity contribution in [2.45, 2.75) is 25.0 Å². The fourth-order valence-corrected chi connectivity index (χ4v) is 2.20. The summed E-state index contributed by atoms with van der Waals surface area (Å²) in [6.45, 7) is 2.04. The van der Waals surface area contributed by atoms with Gasteiger partial charge in [-0.25, -0.2) is 4.72 Å². The summed E-state index contributed by atoms with van der Waals surface area (Å²) < 4.78 is 14.5. The third-order valence-electron chi connectivity index (χ3n) is 2.10. The Morgan fingerprint density at radius 1 is 1.31 bits per heavy atom. The van der Waals surface area contributed by atoms with E-state index in [0.29, 0.717) is 5.25 Å². The minimum Gasteiger partial charge on any atom is -0.593 e. The molecule has 1 aromatic carbocycles. The van der Waals surface area contributed by atoms with Gasteiger partial charge in [-0.2, -0.15) is 0 Å². The second-order valence-electron chi connectivity index (χ2n) is 3.46. The Labute approximate surface area is 81.7 Å². The summed E-state index contributed by atoms with van der Waals surface area (Å²) >= 11 is -0.868. The topological polar surface area (TPSA) is 35.1 Å². The second kappa shape index (κ2) is 3.60. The summed E-state index contributed by atoms with van der Waals surface area (Å²) in [6.07, 6.45) is 2.21. The van der Waals surface area contributed by atoms with E-state index in [1.807, 2.05) is 31.2 Å². The highest BCUT2D eigenvalue weighted by molar-refractivity contribution is 7.93.